The SMILES string of the molecule is CCOC(=O)c1ncsc1NCC(C)(C)NS(C)(=O)=O. The Labute approximate surface area is 122 Å². The van der Waals surface area contributed by atoms with Crippen LogP contribution in [-0.4, -0.2) is 44.3 Å². The zero-order valence-electron chi connectivity index (χ0n) is 11.9. The van der Waals surface area contributed by atoms with Crippen molar-refractivity contribution in [2.24, 2.45) is 0 Å². The highest BCUT2D eigenvalue weighted by atomic mass is 32.2. The summed E-state index contributed by atoms with van der Waals surface area (Å²) in [5.41, 5.74) is 1.06. The molecular weight excluding hydrogens is 302 g/mol. The Morgan fingerprint density at radius 3 is 2.70 bits per heavy atom. The van der Waals surface area contributed by atoms with Crippen molar-refractivity contribution in [2.75, 3.05) is 24.7 Å². The number of esters is 1. The molecule has 2 N–H and O–H groups in total. The lowest BCUT2D eigenvalue weighted by molar-refractivity contribution is 0.0521. The molecule has 0 saturated heterocycles. The van der Waals surface area contributed by atoms with Crippen LogP contribution in [0.25, 0.3) is 0 Å². The number of hydrogen-bond acceptors (Lipinski definition) is 7. The summed E-state index contributed by atoms with van der Waals surface area (Å²) < 4.78 is 29.9. The summed E-state index contributed by atoms with van der Waals surface area (Å²) in [6.07, 6.45) is 1.10. The predicted molar refractivity (Wildman–Crippen MR) is 78.6 cm³/mol. The molecule has 0 aliphatic rings. The molecule has 0 atom stereocenters. The van der Waals surface area contributed by atoms with Gasteiger partial charge in [-0.3, -0.25) is 0 Å². The Kier molecular flexibility index (Phi) is 5.49. The maximum Gasteiger partial charge on any atom is 0.360 e. The van der Waals surface area contributed by atoms with Crippen molar-refractivity contribution in [2.45, 2.75) is 26.3 Å². The van der Waals surface area contributed by atoms with Crippen LogP contribution in [0.1, 0.15) is 31.3 Å². The Balaban J connectivity index is 2.71. The molecule has 0 aliphatic carbocycles. The molecule has 9 heteroatoms. The zero-order valence-corrected chi connectivity index (χ0v) is 13.5. The van der Waals surface area contributed by atoms with E-state index in [0.29, 0.717) is 11.5 Å². The summed E-state index contributed by atoms with van der Waals surface area (Å²) in [5.74, 6) is -0.495. The molecule has 0 radical (unpaired) electrons. The largest absolute Gasteiger partial charge is 0.461 e. The summed E-state index contributed by atoms with van der Waals surface area (Å²) >= 11 is 1.26. The number of anilines is 1. The third kappa shape index (κ3) is 5.43. The zero-order chi connectivity index (χ0) is 15.4. The Morgan fingerprint density at radius 2 is 2.15 bits per heavy atom. The van der Waals surface area contributed by atoms with Crippen molar-refractivity contribution < 1.29 is 17.9 Å². The molecule has 20 heavy (non-hydrogen) atoms. The van der Waals surface area contributed by atoms with Crippen molar-refractivity contribution in [1.29, 1.82) is 0 Å². The van der Waals surface area contributed by atoms with E-state index in [1.807, 2.05) is 0 Å². The number of sulfonamides is 1. The number of thiazole rings is 1. The highest BCUT2D eigenvalue weighted by Gasteiger charge is 2.24. The number of carbonyl (C=O) groups excluding carboxylic acids is 1. The molecule has 0 saturated carbocycles. The molecule has 0 unspecified atom stereocenters. The van der Waals surface area contributed by atoms with Crippen LogP contribution < -0.4 is 10.0 Å². The maximum atomic E-state index is 11.7. The topological polar surface area (TPSA) is 97.4 Å². The molecule has 1 aromatic heterocycles. The first kappa shape index (κ1) is 16.9. The number of carbonyl (C=O) groups is 1. The monoisotopic (exact) mass is 321 g/mol. The van der Waals surface area contributed by atoms with E-state index < -0.39 is 21.5 Å². The van der Waals surface area contributed by atoms with Crippen molar-refractivity contribution in [3.05, 3.63) is 11.2 Å². The van der Waals surface area contributed by atoms with Crippen LogP contribution in [0.2, 0.25) is 0 Å². The molecule has 114 valence electrons. The van der Waals surface area contributed by atoms with Gasteiger partial charge in [-0.15, -0.1) is 11.3 Å². The molecular formula is C11H19N3O4S2. The van der Waals surface area contributed by atoms with E-state index in [-0.39, 0.29) is 12.3 Å². The third-order valence-electron chi connectivity index (χ3n) is 2.19. The van der Waals surface area contributed by atoms with Crippen LogP contribution in [-0.2, 0) is 14.8 Å². The molecule has 0 amide bonds. The average molecular weight is 321 g/mol. The summed E-state index contributed by atoms with van der Waals surface area (Å²) in [5, 5.41) is 3.59. The molecule has 1 heterocycles. The lowest BCUT2D eigenvalue weighted by atomic mass is 10.1. The van der Waals surface area contributed by atoms with Gasteiger partial charge in [0, 0.05) is 12.1 Å². The number of ether oxygens (including phenoxy) is 1. The maximum absolute atomic E-state index is 11.7. The van der Waals surface area contributed by atoms with Gasteiger partial charge >= 0.3 is 5.97 Å². The highest BCUT2D eigenvalue weighted by Crippen LogP contribution is 2.22. The van der Waals surface area contributed by atoms with Gasteiger partial charge < -0.3 is 10.1 Å². The first-order valence-corrected chi connectivity index (χ1v) is 8.75. The number of nitrogens with one attached hydrogen (secondary N) is 2. The van der Waals surface area contributed by atoms with E-state index in [1.54, 1.807) is 20.8 Å². The number of hydrogen-bond donors (Lipinski definition) is 2. The summed E-state index contributed by atoms with van der Waals surface area (Å²) in [7, 11) is -3.30. The van der Waals surface area contributed by atoms with Crippen LogP contribution >= 0.6 is 11.3 Å². The smallest absolute Gasteiger partial charge is 0.360 e. The van der Waals surface area contributed by atoms with Crippen molar-refractivity contribution >= 4 is 32.3 Å². The van der Waals surface area contributed by atoms with Gasteiger partial charge in [-0.25, -0.2) is 22.9 Å². The van der Waals surface area contributed by atoms with Gasteiger partial charge in [0.15, 0.2) is 5.69 Å². The Hall–Kier alpha value is -1.19. The minimum Gasteiger partial charge on any atom is -0.461 e. The second kappa shape index (κ2) is 6.51. The first-order valence-electron chi connectivity index (χ1n) is 5.98. The second-order valence-electron chi connectivity index (χ2n) is 4.86. The third-order valence-corrected chi connectivity index (χ3v) is 3.90. The highest BCUT2D eigenvalue weighted by molar-refractivity contribution is 7.88. The van der Waals surface area contributed by atoms with Crippen molar-refractivity contribution in [3.8, 4) is 0 Å². The summed E-state index contributed by atoms with van der Waals surface area (Å²) in [6, 6.07) is 0. The van der Waals surface area contributed by atoms with Gasteiger partial charge in [-0.2, -0.15) is 0 Å². The molecule has 0 spiro atoms. The van der Waals surface area contributed by atoms with Crippen LogP contribution in [0.5, 0.6) is 0 Å². The summed E-state index contributed by atoms with van der Waals surface area (Å²) in [6.45, 7) is 5.79. The number of aromatic nitrogens is 1. The Bertz CT molecular complexity index is 566. The van der Waals surface area contributed by atoms with E-state index in [9.17, 15) is 13.2 Å². The normalized spacial score (nSPS) is 12.2. The molecule has 0 aromatic carbocycles. The van der Waals surface area contributed by atoms with Crippen LogP contribution in [0.15, 0.2) is 5.51 Å². The first-order chi connectivity index (χ1) is 9.14. The van der Waals surface area contributed by atoms with E-state index in [1.165, 1.54) is 16.8 Å². The minimum atomic E-state index is -3.30. The van der Waals surface area contributed by atoms with Crippen LogP contribution in [0, 0.1) is 0 Å². The van der Waals surface area contributed by atoms with Gasteiger partial charge in [-0.05, 0) is 20.8 Å². The standard InChI is InChI=1S/C11H19N3O4S2/c1-5-18-10(15)8-9(19-7-13-8)12-6-11(2,3)14-20(4,16)17/h7,12,14H,5-6H2,1-4H3. The number of rotatable bonds is 7. The van der Waals surface area contributed by atoms with Gasteiger partial charge in [0.1, 0.15) is 5.00 Å². The van der Waals surface area contributed by atoms with E-state index >= 15 is 0 Å². The fourth-order valence-corrected chi connectivity index (χ4v) is 3.30. The quantitative estimate of drug-likeness (QED) is 0.729. The van der Waals surface area contributed by atoms with Gasteiger partial charge in [0.2, 0.25) is 10.0 Å². The average Bonchev–Trinajstić information content (AvgIpc) is 2.71. The number of nitrogens with zero attached hydrogens (tertiary/aromatic N) is 1. The Morgan fingerprint density at radius 1 is 1.50 bits per heavy atom. The summed E-state index contributed by atoms with van der Waals surface area (Å²) in [4.78, 5) is 15.6. The van der Waals surface area contributed by atoms with Crippen molar-refractivity contribution in [3.63, 3.8) is 0 Å². The van der Waals surface area contributed by atoms with Crippen LogP contribution in [0.4, 0.5) is 5.00 Å². The second-order valence-corrected chi connectivity index (χ2v) is 7.47. The van der Waals surface area contributed by atoms with E-state index in [4.69, 9.17) is 4.74 Å². The van der Waals surface area contributed by atoms with E-state index in [0.717, 1.165) is 6.26 Å². The van der Waals surface area contributed by atoms with Crippen LogP contribution in [0.3, 0.4) is 0 Å². The minimum absolute atomic E-state index is 0.215. The molecule has 1 aromatic rings. The molecule has 0 aliphatic heterocycles. The molecule has 7 nitrogen and oxygen atoms in total. The lowest BCUT2D eigenvalue weighted by Crippen LogP contribution is -2.47. The van der Waals surface area contributed by atoms with Crippen molar-refractivity contribution in [1.82, 2.24) is 9.71 Å². The molecule has 1 rings (SSSR count). The van der Waals surface area contributed by atoms with E-state index in [2.05, 4.69) is 15.0 Å². The lowest BCUT2D eigenvalue weighted by Gasteiger charge is -2.25. The molecule has 0 bridgehead atoms. The fourth-order valence-electron chi connectivity index (χ4n) is 1.56. The van der Waals surface area contributed by atoms with Gasteiger partial charge in [-0.1, -0.05) is 0 Å². The predicted octanol–water partition coefficient (Wildman–Crippen LogP) is 1.06. The van der Waals surface area contributed by atoms with Gasteiger partial charge in [0.25, 0.3) is 0 Å². The molecule has 0 fully saturated rings. The van der Waals surface area contributed by atoms with Gasteiger partial charge in [0.05, 0.1) is 18.4 Å². The fraction of sp³-hybridized carbons (Fsp3) is 0.636.